The van der Waals surface area contributed by atoms with Gasteiger partial charge >= 0.3 is 6.09 Å². The third-order valence-electron chi connectivity index (χ3n) is 4.02. The normalized spacial score (nSPS) is 18.2. The highest BCUT2D eigenvalue weighted by Crippen LogP contribution is 2.23. The largest absolute Gasteiger partial charge is 0.444 e. The van der Waals surface area contributed by atoms with Crippen LogP contribution < -0.4 is 0 Å². The van der Waals surface area contributed by atoms with E-state index in [-0.39, 0.29) is 12.1 Å². The topological polar surface area (TPSA) is 64.5 Å². The number of carbonyl (C=O) groups excluding carboxylic acids is 1. The van der Waals surface area contributed by atoms with Crippen LogP contribution in [-0.2, 0) is 16.1 Å². The Hall–Kier alpha value is -1.40. The molecule has 0 radical (unpaired) electrons. The average molecular weight is 370 g/mol. The Balaban J connectivity index is 1.72. The van der Waals surface area contributed by atoms with Gasteiger partial charge in [0.25, 0.3) is 0 Å². The summed E-state index contributed by atoms with van der Waals surface area (Å²) in [6.45, 7) is 7.53. The van der Waals surface area contributed by atoms with Crippen molar-refractivity contribution in [1.82, 2.24) is 15.1 Å². The number of amides is 1. The molecule has 7 heteroatoms. The number of rotatable bonds is 6. The van der Waals surface area contributed by atoms with Crippen molar-refractivity contribution < 1.29 is 14.3 Å². The summed E-state index contributed by atoms with van der Waals surface area (Å²) in [7, 11) is 0. The summed E-state index contributed by atoms with van der Waals surface area (Å²) in [5.74, 6) is 0. The number of piperidine rings is 1. The van der Waals surface area contributed by atoms with E-state index in [2.05, 4.69) is 10.2 Å². The third-order valence-corrected chi connectivity index (χ3v) is 4.22. The number of nitrogens with zero attached hydrogens (tertiary/aromatic N) is 3. The fraction of sp³-hybridized carbons (Fsp3) is 0.722. The van der Waals surface area contributed by atoms with Crippen LogP contribution in [0.15, 0.2) is 12.1 Å². The second kappa shape index (κ2) is 9.34. The third kappa shape index (κ3) is 7.16. The number of halogens is 1. The molecule has 2 heterocycles. The molecule has 25 heavy (non-hydrogen) atoms. The predicted octanol–water partition coefficient (Wildman–Crippen LogP) is 4.22. The summed E-state index contributed by atoms with van der Waals surface area (Å²) in [6, 6.07) is 3.75. The minimum atomic E-state index is -0.457. The molecule has 0 bridgehead atoms. The molecule has 0 aromatic carbocycles. The van der Waals surface area contributed by atoms with Gasteiger partial charge in [-0.1, -0.05) is 11.6 Å². The summed E-state index contributed by atoms with van der Waals surface area (Å²) in [5.41, 5.74) is 0.305. The summed E-state index contributed by atoms with van der Waals surface area (Å²) in [4.78, 5) is 14.3. The van der Waals surface area contributed by atoms with Gasteiger partial charge in [-0.25, -0.2) is 4.79 Å². The van der Waals surface area contributed by atoms with E-state index in [9.17, 15) is 4.79 Å². The van der Waals surface area contributed by atoms with Crippen molar-refractivity contribution in [3.63, 3.8) is 0 Å². The van der Waals surface area contributed by atoms with Crippen molar-refractivity contribution in [2.75, 3.05) is 13.2 Å². The zero-order chi connectivity index (χ0) is 18.3. The van der Waals surface area contributed by atoms with E-state index in [0.29, 0.717) is 18.4 Å². The van der Waals surface area contributed by atoms with Gasteiger partial charge < -0.3 is 14.4 Å². The van der Waals surface area contributed by atoms with E-state index >= 15 is 0 Å². The number of likely N-dealkylation sites (tertiary alicyclic amines) is 1. The quantitative estimate of drug-likeness (QED) is 0.702. The minimum absolute atomic E-state index is 0.199. The van der Waals surface area contributed by atoms with E-state index in [1.807, 2.05) is 25.7 Å². The van der Waals surface area contributed by atoms with Gasteiger partial charge in [0.15, 0.2) is 5.15 Å². The van der Waals surface area contributed by atoms with Gasteiger partial charge in [-0.15, -0.1) is 5.10 Å². The van der Waals surface area contributed by atoms with E-state index in [0.717, 1.165) is 44.3 Å². The highest BCUT2D eigenvalue weighted by molar-refractivity contribution is 6.29. The zero-order valence-corrected chi connectivity index (χ0v) is 16.1. The molecule has 1 saturated heterocycles. The van der Waals surface area contributed by atoms with Crippen LogP contribution in [0, 0.1) is 0 Å². The molecule has 1 atom stereocenters. The second-order valence-electron chi connectivity index (χ2n) is 7.37. The Kier molecular flexibility index (Phi) is 7.44. The van der Waals surface area contributed by atoms with E-state index in [1.54, 1.807) is 12.1 Å². The Bertz CT molecular complexity index is 545. The van der Waals surface area contributed by atoms with Crippen molar-refractivity contribution in [2.45, 2.75) is 71.1 Å². The van der Waals surface area contributed by atoms with Crippen LogP contribution in [0.3, 0.4) is 0 Å². The standard InChI is InChI=1S/C18H28ClN3O3/c1-18(2,3)25-17(23)22-11-5-4-7-15(22)8-6-12-24-13-14-9-10-16(19)21-20-14/h9-10,15H,4-8,11-13H2,1-3H3/t15-/m0/s1. The lowest BCUT2D eigenvalue weighted by Crippen LogP contribution is -2.46. The molecule has 0 spiro atoms. The first-order valence-electron chi connectivity index (χ1n) is 8.90. The molecule has 6 nitrogen and oxygen atoms in total. The summed E-state index contributed by atoms with van der Waals surface area (Å²) < 4.78 is 11.2. The molecular weight excluding hydrogens is 342 g/mol. The SMILES string of the molecule is CC(C)(C)OC(=O)N1CCCC[C@H]1CCCOCc1ccc(Cl)nn1. The maximum Gasteiger partial charge on any atom is 0.410 e. The highest BCUT2D eigenvalue weighted by Gasteiger charge is 2.29. The van der Waals surface area contributed by atoms with Crippen molar-refractivity contribution in [3.8, 4) is 0 Å². The van der Waals surface area contributed by atoms with Crippen molar-refractivity contribution >= 4 is 17.7 Å². The van der Waals surface area contributed by atoms with Crippen molar-refractivity contribution in [1.29, 1.82) is 0 Å². The maximum absolute atomic E-state index is 12.4. The van der Waals surface area contributed by atoms with Crippen LogP contribution in [-0.4, -0.2) is 46.0 Å². The van der Waals surface area contributed by atoms with Gasteiger partial charge in [-0.3, -0.25) is 0 Å². The lowest BCUT2D eigenvalue weighted by molar-refractivity contribution is 0.00723. The fourth-order valence-electron chi connectivity index (χ4n) is 2.88. The first kappa shape index (κ1) is 19.9. The van der Waals surface area contributed by atoms with E-state index < -0.39 is 5.60 Å². The smallest absolute Gasteiger partial charge is 0.410 e. The van der Waals surface area contributed by atoms with Gasteiger partial charge in [0, 0.05) is 19.2 Å². The molecule has 1 aromatic heterocycles. The fourth-order valence-corrected chi connectivity index (χ4v) is 2.98. The van der Waals surface area contributed by atoms with Crippen LogP contribution in [0.2, 0.25) is 5.15 Å². The summed E-state index contributed by atoms with van der Waals surface area (Å²) in [6.07, 6.45) is 4.85. The van der Waals surface area contributed by atoms with Crippen LogP contribution in [0.4, 0.5) is 4.79 Å². The lowest BCUT2D eigenvalue weighted by Gasteiger charge is -2.36. The summed E-state index contributed by atoms with van der Waals surface area (Å²) >= 11 is 5.70. The predicted molar refractivity (Wildman–Crippen MR) is 96.5 cm³/mol. The molecule has 1 aliphatic rings. The molecule has 2 rings (SSSR count). The maximum atomic E-state index is 12.4. The van der Waals surface area contributed by atoms with E-state index in [1.165, 1.54) is 0 Å². The van der Waals surface area contributed by atoms with Gasteiger partial charge in [0.2, 0.25) is 0 Å². The Morgan fingerprint density at radius 2 is 2.12 bits per heavy atom. The number of hydrogen-bond donors (Lipinski definition) is 0. The number of carbonyl (C=O) groups is 1. The zero-order valence-electron chi connectivity index (χ0n) is 15.3. The Morgan fingerprint density at radius 1 is 1.32 bits per heavy atom. The Labute approximate surface area is 154 Å². The monoisotopic (exact) mass is 369 g/mol. The highest BCUT2D eigenvalue weighted by atomic mass is 35.5. The van der Waals surface area contributed by atoms with Crippen LogP contribution in [0.25, 0.3) is 0 Å². The number of aromatic nitrogens is 2. The van der Waals surface area contributed by atoms with Gasteiger partial charge in [0.1, 0.15) is 5.60 Å². The molecule has 0 aliphatic carbocycles. The van der Waals surface area contributed by atoms with Crippen molar-refractivity contribution in [2.24, 2.45) is 0 Å². The molecule has 140 valence electrons. The molecule has 1 aliphatic heterocycles. The average Bonchev–Trinajstić information content (AvgIpc) is 2.55. The summed E-state index contributed by atoms with van der Waals surface area (Å²) in [5, 5.41) is 8.12. The van der Waals surface area contributed by atoms with Gasteiger partial charge in [0.05, 0.1) is 12.3 Å². The van der Waals surface area contributed by atoms with Crippen LogP contribution in [0.5, 0.6) is 0 Å². The molecule has 1 amide bonds. The first-order chi connectivity index (χ1) is 11.8. The van der Waals surface area contributed by atoms with E-state index in [4.69, 9.17) is 21.1 Å². The first-order valence-corrected chi connectivity index (χ1v) is 9.28. The number of hydrogen-bond acceptors (Lipinski definition) is 5. The van der Waals surface area contributed by atoms with Gasteiger partial charge in [-0.2, -0.15) is 5.10 Å². The van der Waals surface area contributed by atoms with Crippen LogP contribution >= 0.6 is 11.6 Å². The molecule has 1 aromatic rings. The minimum Gasteiger partial charge on any atom is -0.444 e. The Morgan fingerprint density at radius 3 is 2.80 bits per heavy atom. The molecule has 1 fully saturated rings. The number of ether oxygens (including phenoxy) is 2. The van der Waals surface area contributed by atoms with Crippen LogP contribution in [0.1, 0.15) is 58.6 Å². The second-order valence-corrected chi connectivity index (χ2v) is 7.75. The lowest BCUT2D eigenvalue weighted by atomic mass is 9.98. The molecular formula is C18H28ClN3O3. The molecule has 0 saturated carbocycles. The molecule has 0 unspecified atom stereocenters. The molecule has 0 N–H and O–H groups in total. The van der Waals surface area contributed by atoms with Gasteiger partial charge in [-0.05, 0) is 65.0 Å². The van der Waals surface area contributed by atoms with Crippen molar-refractivity contribution in [3.05, 3.63) is 23.0 Å².